The Morgan fingerprint density at radius 2 is 2.00 bits per heavy atom. The number of benzene rings is 1. The molecule has 0 aliphatic rings. The van der Waals surface area contributed by atoms with E-state index in [4.69, 9.17) is 5.73 Å². The Balaban J connectivity index is 3.09. The lowest BCUT2D eigenvalue weighted by molar-refractivity contribution is -0.137. The van der Waals surface area contributed by atoms with Gasteiger partial charge in [-0.15, -0.1) is 0 Å². The van der Waals surface area contributed by atoms with Crippen molar-refractivity contribution in [3.63, 3.8) is 0 Å². The van der Waals surface area contributed by atoms with Gasteiger partial charge in [-0.1, -0.05) is 0 Å². The maximum atomic E-state index is 13.2. The third kappa shape index (κ3) is 2.93. The van der Waals surface area contributed by atoms with Crippen molar-refractivity contribution >= 4 is 0 Å². The summed E-state index contributed by atoms with van der Waals surface area (Å²) in [7, 11) is 1.34. The number of ether oxygens (including phenoxy) is 1. The van der Waals surface area contributed by atoms with Gasteiger partial charge in [0.25, 0.3) is 0 Å². The molecule has 0 bridgehead atoms. The fraction of sp³-hybridized carbons (Fsp3) is 0.400. The molecule has 0 aliphatic heterocycles. The summed E-state index contributed by atoms with van der Waals surface area (Å²) in [6.07, 6.45) is -4.50. The molecule has 0 heterocycles. The number of hydrogen-bond acceptors (Lipinski definition) is 2. The Morgan fingerprint density at radius 3 is 2.50 bits per heavy atom. The molecule has 0 unspecified atom stereocenters. The zero-order valence-corrected chi connectivity index (χ0v) is 8.51. The van der Waals surface area contributed by atoms with Gasteiger partial charge in [0, 0.05) is 12.7 Å². The van der Waals surface area contributed by atoms with Crippen LogP contribution in [0.2, 0.25) is 0 Å². The van der Waals surface area contributed by atoms with Gasteiger partial charge >= 0.3 is 6.18 Å². The van der Waals surface area contributed by atoms with Crippen molar-refractivity contribution in [1.29, 1.82) is 0 Å². The second-order valence-corrected chi connectivity index (χ2v) is 3.30. The molecule has 6 heteroatoms. The van der Waals surface area contributed by atoms with Gasteiger partial charge in [0.1, 0.15) is 5.82 Å². The van der Waals surface area contributed by atoms with Crippen LogP contribution in [0.25, 0.3) is 0 Å². The Labute approximate surface area is 90.0 Å². The van der Waals surface area contributed by atoms with Gasteiger partial charge in [0.05, 0.1) is 18.2 Å². The van der Waals surface area contributed by atoms with Crippen LogP contribution in [0, 0.1) is 5.82 Å². The third-order valence-corrected chi connectivity index (χ3v) is 2.07. The lowest BCUT2D eigenvalue weighted by Gasteiger charge is -2.14. The molecule has 1 aromatic carbocycles. The average Bonchev–Trinajstić information content (AvgIpc) is 2.16. The highest BCUT2D eigenvalue weighted by Crippen LogP contribution is 2.31. The lowest BCUT2D eigenvalue weighted by Crippen LogP contribution is -2.18. The van der Waals surface area contributed by atoms with Crippen LogP contribution < -0.4 is 5.73 Å². The molecular weight excluding hydrogens is 226 g/mol. The van der Waals surface area contributed by atoms with Crippen molar-refractivity contribution in [2.24, 2.45) is 5.73 Å². The molecule has 0 saturated heterocycles. The monoisotopic (exact) mass is 237 g/mol. The fourth-order valence-corrected chi connectivity index (χ4v) is 1.27. The number of alkyl halides is 3. The van der Waals surface area contributed by atoms with Gasteiger partial charge in [-0.05, 0) is 18.2 Å². The third-order valence-electron chi connectivity index (χ3n) is 2.07. The van der Waals surface area contributed by atoms with Gasteiger partial charge < -0.3 is 10.5 Å². The van der Waals surface area contributed by atoms with E-state index in [0.717, 1.165) is 6.07 Å². The summed E-state index contributed by atoms with van der Waals surface area (Å²) in [4.78, 5) is 0. The van der Waals surface area contributed by atoms with Gasteiger partial charge in [-0.2, -0.15) is 13.2 Å². The number of hydrogen-bond donors (Lipinski definition) is 1. The summed E-state index contributed by atoms with van der Waals surface area (Å²) in [5.74, 6) is -0.766. The Bertz CT molecular complexity index is 364. The molecule has 16 heavy (non-hydrogen) atoms. The number of halogens is 4. The molecule has 0 radical (unpaired) electrons. The summed E-state index contributed by atoms with van der Waals surface area (Å²) in [6.45, 7) is -0.0434. The van der Waals surface area contributed by atoms with Gasteiger partial charge in [-0.25, -0.2) is 4.39 Å². The van der Waals surface area contributed by atoms with E-state index in [9.17, 15) is 17.6 Å². The van der Waals surface area contributed by atoms with E-state index in [1.54, 1.807) is 0 Å². The predicted molar refractivity (Wildman–Crippen MR) is 50.2 cm³/mol. The highest BCUT2D eigenvalue weighted by molar-refractivity contribution is 5.29. The SMILES string of the molecule is COC[C@@H](N)c1cc(C(F)(F)F)ccc1F. The maximum absolute atomic E-state index is 13.2. The molecule has 0 saturated carbocycles. The first-order valence-corrected chi connectivity index (χ1v) is 4.47. The van der Waals surface area contributed by atoms with Crippen LogP contribution in [-0.4, -0.2) is 13.7 Å². The maximum Gasteiger partial charge on any atom is 0.416 e. The minimum absolute atomic E-state index is 0.0434. The molecule has 90 valence electrons. The average molecular weight is 237 g/mol. The topological polar surface area (TPSA) is 35.2 Å². The first kappa shape index (κ1) is 12.9. The van der Waals surface area contributed by atoms with Crippen LogP contribution in [0.15, 0.2) is 18.2 Å². The Hall–Kier alpha value is -1.14. The number of rotatable bonds is 3. The highest BCUT2D eigenvalue weighted by atomic mass is 19.4. The van der Waals surface area contributed by atoms with E-state index in [1.807, 2.05) is 0 Å². The molecule has 1 aromatic rings. The first-order chi connectivity index (χ1) is 7.36. The highest BCUT2D eigenvalue weighted by Gasteiger charge is 2.31. The summed E-state index contributed by atoms with van der Waals surface area (Å²) >= 11 is 0. The largest absolute Gasteiger partial charge is 0.416 e. The lowest BCUT2D eigenvalue weighted by atomic mass is 10.0. The summed E-state index contributed by atoms with van der Waals surface area (Å²) in [6, 6.07) is 1.23. The zero-order chi connectivity index (χ0) is 12.3. The minimum Gasteiger partial charge on any atom is -0.383 e. The smallest absolute Gasteiger partial charge is 0.383 e. The number of methoxy groups -OCH3 is 1. The van der Waals surface area contributed by atoms with Crippen molar-refractivity contribution in [2.45, 2.75) is 12.2 Å². The summed E-state index contributed by atoms with van der Waals surface area (Å²) in [5.41, 5.74) is 4.37. The molecule has 0 spiro atoms. The Morgan fingerprint density at radius 1 is 1.38 bits per heavy atom. The van der Waals surface area contributed by atoms with Gasteiger partial charge in [0.2, 0.25) is 0 Å². The van der Waals surface area contributed by atoms with Crippen molar-refractivity contribution in [1.82, 2.24) is 0 Å². The fourth-order valence-electron chi connectivity index (χ4n) is 1.27. The van der Waals surface area contributed by atoms with Crippen LogP contribution in [0.5, 0.6) is 0 Å². The van der Waals surface area contributed by atoms with Crippen molar-refractivity contribution in [3.8, 4) is 0 Å². The van der Waals surface area contributed by atoms with Crippen LogP contribution in [0.4, 0.5) is 17.6 Å². The first-order valence-electron chi connectivity index (χ1n) is 4.47. The van der Waals surface area contributed by atoms with E-state index in [2.05, 4.69) is 4.74 Å². The van der Waals surface area contributed by atoms with Crippen LogP contribution in [-0.2, 0) is 10.9 Å². The molecule has 0 aromatic heterocycles. The van der Waals surface area contributed by atoms with Crippen LogP contribution in [0.1, 0.15) is 17.2 Å². The summed E-state index contributed by atoms with van der Waals surface area (Å²) < 4.78 is 55.0. The molecule has 0 aliphatic carbocycles. The minimum atomic E-state index is -4.50. The number of nitrogens with two attached hydrogens (primary N) is 1. The molecule has 2 nitrogen and oxygen atoms in total. The van der Waals surface area contributed by atoms with E-state index in [-0.39, 0.29) is 12.2 Å². The quantitative estimate of drug-likeness (QED) is 0.820. The van der Waals surface area contributed by atoms with Crippen molar-refractivity contribution < 1.29 is 22.3 Å². The van der Waals surface area contributed by atoms with Crippen molar-refractivity contribution in [3.05, 3.63) is 35.1 Å². The van der Waals surface area contributed by atoms with Crippen LogP contribution >= 0.6 is 0 Å². The van der Waals surface area contributed by atoms with E-state index >= 15 is 0 Å². The predicted octanol–water partition coefficient (Wildman–Crippen LogP) is 2.49. The molecule has 0 fully saturated rings. The Kier molecular flexibility index (Phi) is 3.88. The van der Waals surface area contributed by atoms with E-state index < -0.39 is 23.6 Å². The standard InChI is InChI=1S/C10H11F4NO/c1-16-5-9(15)7-4-6(10(12,13)14)2-3-8(7)11/h2-4,9H,5,15H2,1H3/t9-/m1/s1. The molecule has 1 rings (SSSR count). The van der Waals surface area contributed by atoms with E-state index in [0.29, 0.717) is 12.1 Å². The molecule has 1 atom stereocenters. The molecule has 0 amide bonds. The second-order valence-electron chi connectivity index (χ2n) is 3.30. The van der Waals surface area contributed by atoms with Gasteiger partial charge in [0.15, 0.2) is 0 Å². The summed E-state index contributed by atoms with van der Waals surface area (Å²) in [5, 5.41) is 0. The normalized spacial score (nSPS) is 13.9. The molecule has 2 N–H and O–H groups in total. The van der Waals surface area contributed by atoms with Crippen LogP contribution in [0.3, 0.4) is 0 Å². The zero-order valence-electron chi connectivity index (χ0n) is 8.51. The second kappa shape index (κ2) is 4.80. The molecular formula is C10H11F4NO. The van der Waals surface area contributed by atoms with E-state index in [1.165, 1.54) is 7.11 Å². The van der Waals surface area contributed by atoms with Gasteiger partial charge in [-0.3, -0.25) is 0 Å². The van der Waals surface area contributed by atoms with Crippen molar-refractivity contribution in [2.75, 3.05) is 13.7 Å².